The molecule has 2 atom stereocenters. The molecule has 1 aromatic rings. The molecule has 5 heteroatoms. The molecule has 0 bridgehead atoms. The predicted octanol–water partition coefficient (Wildman–Crippen LogP) is 4.37. The van der Waals surface area contributed by atoms with Crippen LogP contribution in [0.1, 0.15) is 57.6 Å². The average molecular weight is 396 g/mol. The minimum atomic E-state index is -0.500. The molecule has 0 aromatic heterocycles. The van der Waals surface area contributed by atoms with Gasteiger partial charge in [-0.25, -0.2) is 4.79 Å². The summed E-state index contributed by atoms with van der Waals surface area (Å²) >= 11 is 3.64. The fourth-order valence-corrected chi connectivity index (χ4v) is 4.65. The van der Waals surface area contributed by atoms with Crippen molar-refractivity contribution in [2.24, 2.45) is 0 Å². The summed E-state index contributed by atoms with van der Waals surface area (Å²) in [6.07, 6.45) is 3.98. The molecule has 1 heterocycles. The molecule has 1 amide bonds. The van der Waals surface area contributed by atoms with Crippen LogP contribution in [0.5, 0.6) is 0 Å². The second-order valence-corrected chi connectivity index (χ2v) is 8.38. The van der Waals surface area contributed by atoms with Crippen molar-refractivity contribution in [2.45, 2.75) is 70.1 Å². The summed E-state index contributed by atoms with van der Waals surface area (Å²) in [7, 11) is 0. The average Bonchev–Trinajstić information content (AvgIpc) is 3.10. The van der Waals surface area contributed by atoms with Gasteiger partial charge in [-0.2, -0.15) is 0 Å². The van der Waals surface area contributed by atoms with Crippen molar-refractivity contribution in [3.8, 4) is 0 Å². The Bertz CT molecular complexity index is 645. The second-order valence-electron chi connectivity index (χ2n) is 7.52. The molecule has 2 unspecified atom stereocenters. The van der Waals surface area contributed by atoms with Gasteiger partial charge in [0.05, 0.1) is 18.2 Å². The van der Waals surface area contributed by atoms with Crippen LogP contribution in [-0.2, 0) is 16.7 Å². The number of carbonyl (C=O) groups excluding carboxylic acids is 1. The summed E-state index contributed by atoms with van der Waals surface area (Å²) in [5.74, 6) is 0. The quantitative estimate of drug-likeness (QED) is 0.826. The number of hydrogen-bond acceptors (Lipinski definition) is 3. The molecule has 24 heavy (non-hydrogen) atoms. The van der Waals surface area contributed by atoms with E-state index in [4.69, 9.17) is 4.74 Å². The number of rotatable bonds is 3. The predicted molar refractivity (Wildman–Crippen MR) is 96.9 cm³/mol. The van der Waals surface area contributed by atoms with E-state index in [2.05, 4.69) is 28.1 Å². The van der Waals surface area contributed by atoms with Crippen molar-refractivity contribution in [1.82, 2.24) is 4.90 Å². The van der Waals surface area contributed by atoms with Gasteiger partial charge >= 0.3 is 6.09 Å². The van der Waals surface area contributed by atoms with E-state index < -0.39 is 5.60 Å². The van der Waals surface area contributed by atoms with Gasteiger partial charge in [0.15, 0.2) is 0 Å². The van der Waals surface area contributed by atoms with Gasteiger partial charge in [-0.3, -0.25) is 4.90 Å². The van der Waals surface area contributed by atoms with E-state index in [1.54, 1.807) is 0 Å². The van der Waals surface area contributed by atoms with Gasteiger partial charge in [-0.15, -0.1) is 0 Å². The van der Waals surface area contributed by atoms with Crippen molar-refractivity contribution in [3.63, 3.8) is 0 Å². The van der Waals surface area contributed by atoms with E-state index in [9.17, 15) is 9.90 Å². The summed E-state index contributed by atoms with van der Waals surface area (Å²) in [4.78, 5) is 14.9. The maximum absolute atomic E-state index is 13.0. The zero-order valence-electron chi connectivity index (χ0n) is 14.6. The summed E-state index contributed by atoms with van der Waals surface area (Å²) < 4.78 is 6.90. The second kappa shape index (κ2) is 6.34. The van der Waals surface area contributed by atoms with Crippen molar-refractivity contribution in [3.05, 3.63) is 33.8 Å². The summed E-state index contributed by atoms with van der Waals surface area (Å²) in [6.45, 7) is 5.85. The lowest BCUT2D eigenvalue weighted by Gasteiger charge is -2.40. The Balaban J connectivity index is 2.00. The molecule has 1 aromatic carbocycles. The van der Waals surface area contributed by atoms with Crippen LogP contribution in [0.15, 0.2) is 22.7 Å². The zero-order chi connectivity index (χ0) is 17.5. The lowest BCUT2D eigenvalue weighted by atomic mass is 9.89. The normalized spacial score (nSPS) is 26.0. The van der Waals surface area contributed by atoms with Gasteiger partial charge in [0.2, 0.25) is 0 Å². The number of ether oxygens (including phenoxy) is 1. The Hall–Kier alpha value is -1.07. The van der Waals surface area contributed by atoms with Crippen molar-refractivity contribution in [1.29, 1.82) is 0 Å². The third-order valence-electron chi connectivity index (χ3n) is 5.75. The fraction of sp³-hybridized carbons (Fsp3) is 0.632. The molecule has 0 radical (unpaired) electrons. The third-order valence-corrected chi connectivity index (χ3v) is 6.49. The summed E-state index contributed by atoms with van der Waals surface area (Å²) in [5, 5.41) is 9.83. The number of halogens is 1. The molecule has 132 valence electrons. The van der Waals surface area contributed by atoms with Gasteiger partial charge in [0.1, 0.15) is 5.60 Å². The van der Waals surface area contributed by atoms with Crippen molar-refractivity contribution in [2.75, 3.05) is 6.61 Å². The number of nitrogens with zero attached hydrogens (tertiary/aromatic N) is 1. The molecule has 1 fully saturated rings. The molecular formula is C19H26BrNO3. The van der Waals surface area contributed by atoms with Crippen molar-refractivity contribution >= 4 is 22.0 Å². The highest BCUT2D eigenvalue weighted by Gasteiger charge is 2.54. The molecule has 2 aliphatic rings. The molecule has 1 aliphatic heterocycles. The van der Waals surface area contributed by atoms with Gasteiger partial charge < -0.3 is 9.84 Å². The van der Waals surface area contributed by atoms with E-state index in [1.807, 2.05) is 31.7 Å². The third kappa shape index (κ3) is 2.76. The van der Waals surface area contributed by atoms with Crippen LogP contribution in [0.25, 0.3) is 0 Å². The zero-order valence-corrected chi connectivity index (χ0v) is 16.2. The standard InChI is InChI=1S/C19H26BrNO3/c1-4-18(2,3)24-17(23)21-13(12-22)8-10-19(21)11-9-14-15(19)6-5-7-16(14)20/h5-7,13,22H,4,8-12H2,1-3H3. The van der Waals surface area contributed by atoms with E-state index in [1.165, 1.54) is 11.1 Å². The Morgan fingerprint density at radius 3 is 2.88 bits per heavy atom. The molecule has 0 saturated carbocycles. The van der Waals surface area contributed by atoms with Gasteiger partial charge in [0, 0.05) is 4.47 Å². The first-order chi connectivity index (χ1) is 11.3. The van der Waals surface area contributed by atoms with E-state index in [0.717, 1.165) is 36.6 Å². The SMILES string of the molecule is CCC(C)(C)OC(=O)N1C(CO)CCC12CCc1c(Br)cccc12. The fourth-order valence-electron chi connectivity index (χ4n) is 4.08. The maximum atomic E-state index is 13.0. The Morgan fingerprint density at radius 2 is 2.21 bits per heavy atom. The highest BCUT2D eigenvalue weighted by Crippen LogP contribution is 2.52. The first-order valence-corrected chi connectivity index (χ1v) is 9.55. The first kappa shape index (κ1) is 17.7. The monoisotopic (exact) mass is 395 g/mol. The topological polar surface area (TPSA) is 49.8 Å². The number of aliphatic hydroxyl groups excluding tert-OH is 1. The molecule has 4 nitrogen and oxygen atoms in total. The molecule has 3 rings (SSSR count). The number of hydrogen-bond donors (Lipinski definition) is 1. The number of benzene rings is 1. The highest BCUT2D eigenvalue weighted by molar-refractivity contribution is 9.10. The van der Waals surface area contributed by atoms with Crippen LogP contribution in [0, 0.1) is 0 Å². The number of amides is 1. The summed E-state index contributed by atoms with van der Waals surface area (Å²) in [6, 6.07) is 6.04. The van der Waals surface area contributed by atoms with Crippen LogP contribution in [0.2, 0.25) is 0 Å². The smallest absolute Gasteiger partial charge is 0.411 e. The molecular weight excluding hydrogens is 370 g/mol. The van der Waals surface area contributed by atoms with Crippen molar-refractivity contribution < 1.29 is 14.6 Å². The van der Waals surface area contributed by atoms with Crippen LogP contribution in [0.4, 0.5) is 4.79 Å². The molecule has 1 aliphatic carbocycles. The number of likely N-dealkylation sites (tertiary alicyclic amines) is 1. The summed E-state index contributed by atoms with van der Waals surface area (Å²) in [5.41, 5.74) is 1.65. The number of carbonyl (C=O) groups is 1. The lowest BCUT2D eigenvalue weighted by molar-refractivity contribution is -0.0192. The van der Waals surface area contributed by atoms with E-state index in [0.29, 0.717) is 0 Å². The van der Waals surface area contributed by atoms with E-state index in [-0.39, 0.29) is 24.3 Å². The minimum Gasteiger partial charge on any atom is -0.443 e. The van der Waals surface area contributed by atoms with Crippen LogP contribution in [-0.4, -0.2) is 34.3 Å². The molecule has 1 N–H and O–H groups in total. The molecule has 1 spiro atoms. The highest BCUT2D eigenvalue weighted by atomic mass is 79.9. The molecule has 1 saturated heterocycles. The Labute approximate surface area is 152 Å². The lowest BCUT2D eigenvalue weighted by Crippen LogP contribution is -2.50. The Kier molecular flexibility index (Phi) is 4.69. The number of fused-ring (bicyclic) bond motifs is 2. The largest absolute Gasteiger partial charge is 0.443 e. The van der Waals surface area contributed by atoms with E-state index >= 15 is 0 Å². The van der Waals surface area contributed by atoms with Gasteiger partial charge in [0.25, 0.3) is 0 Å². The minimum absolute atomic E-state index is 0.0211. The van der Waals surface area contributed by atoms with Gasteiger partial charge in [-0.1, -0.05) is 35.0 Å². The first-order valence-electron chi connectivity index (χ1n) is 8.75. The van der Waals surface area contributed by atoms with Crippen LogP contribution < -0.4 is 0 Å². The number of aliphatic hydroxyl groups is 1. The Morgan fingerprint density at radius 1 is 1.46 bits per heavy atom. The van der Waals surface area contributed by atoms with Gasteiger partial charge in [-0.05, 0) is 63.1 Å². The van der Waals surface area contributed by atoms with Crippen LogP contribution >= 0.6 is 15.9 Å². The maximum Gasteiger partial charge on any atom is 0.411 e. The van der Waals surface area contributed by atoms with Crippen LogP contribution in [0.3, 0.4) is 0 Å².